The van der Waals surface area contributed by atoms with Gasteiger partial charge in [-0.15, -0.1) is 0 Å². The number of rotatable bonds is 6. The van der Waals surface area contributed by atoms with E-state index in [1.807, 2.05) is 24.4 Å². The number of hydrogen-bond donors (Lipinski definition) is 0. The van der Waals surface area contributed by atoms with Crippen LogP contribution in [0.1, 0.15) is 46.0 Å². The Morgan fingerprint density at radius 1 is 1.05 bits per heavy atom. The van der Waals surface area contributed by atoms with Crippen molar-refractivity contribution < 1.29 is 18.8 Å². The number of benzene rings is 3. The van der Waals surface area contributed by atoms with Gasteiger partial charge in [0.1, 0.15) is 23.8 Å². The zero-order valence-corrected chi connectivity index (χ0v) is 23.5. The Morgan fingerprint density at radius 3 is 2.58 bits per heavy atom. The number of aromatic nitrogens is 2. The quantitative estimate of drug-likeness (QED) is 0.147. The van der Waals surface area contributed by atoms with Gasteiger partial charge in [0.05, 0.1) is 38.8 Å². The van der Waals surface area contributed by atoms with Crippen LogP contribution in [0.15, 0.2) is 71.4 Å². The molecule has 0 N–H and O–H groups in total. The van der Waals surface area contributed by atoms with Gasteiger partial charge in [-0.1, -0.05) is 52.1 Å². The van der Waals surface area contributed by atoms with Crippen molar-refractivity contribution in [3.8, 4) is 29.0 Å². The summed E-state index contributed by atoms with van der Waals surface area (Å²) < 4.78 is 18.4. The third-order valence-electron chi connectivity index (χ3n) is 6.72. The van der Waals surface area contributed by atoms with Gasteiger partial charge < -0.3 is 14.0 Å². The van der Waals surface area contributed by atoms with Crippen molar-refractivity contribution in [2.75, 3.05) is 7.11 Å². The van der Waals surface area contributed by atoms with Crippen molar-refractivity contribution in [3.63, 3.8) is 0 Å². The number of esters is 1. The number of nitrogens with zero attached hydrogens (tertiary/aromatic N) is 2. The molecule has 0 atom stereocenters. The van der Waals surface area contributed by atoms with Gasteiger partial charge in [0, 0.05) is 40.7 Å². The van der Waals surface area contributed by atoms with Crippen molar-refractivity contribution in [3.05, 3.63) is 104 Å². The Morgan fingerprint density at radius 2 is 1.85 bits per heavy atom. The topological polar surface area (TPSA) is 66.5 Å². The highest BCUT2D eigenvalue weighted by molar-refractivity contribution is 6.39. The number of halogens is 3. The summed E-state index contributed by atoms with van der Waals surface area (Å²) in [4.78, 5) is 11.9. The molecule has 6 rings (SSSR count). The van der Waals surface area contributed by atoms with Gasteiger partial charge in [-0.3, -0.25) is 4.57 Å². The molecule has 1 saturated carbocycles. The summed E-state index contributed by atoms with van der Waals surface area (Å²) in [5.41, 5.74) is 3.91. The van der Waals surface area contributed by atoms with Crippen LogP contribution in [-0.4, -0.2) is 22.8 Å². The summed E-state index contributed by atoms with van der Waals surface area (Å²) >= 11 is 19.5. The summed E-state index contributed by atoms with van der Waals surface area (Å²) in [7, 11) is 1.35. The van der Waals surface area contributed by atoms with Crippen molar-refractivity contribution in [2.24, 2.45) is 0 Å². The van der Waals surface area contributed by atoms with Crippen LogP contribution < -0.4 is 4.74 Å². The van der Waals surface area contributed by atoms with Crippen molar-refractivity contribution in [1.82, 2.24) is 9.72 Å². The van der Waals surface area contributed by atoms with E-state index in [0.717, 1.165) is 35.1 Å². The third kappa shape index (κ3) is 5.16. The normalized spacial score (nSPS) is 12.7. The maximum absolute atomic E-state index is 11.9. The van der Waals surface area contributed by atoms with Crippen LogP contribution in [0.2, 0.25) is 15.1 Å². The molecule has 0 spiro atoms. The van der Waals surface area contributed by atoms with Crippen LogP contribution in [-0.2, 0) is 11.3 Å². The molecule has 0 amide bonds. The Kier molecular flexibility index (Phi) is 7.20. The van der Waals surface area contributed by atoms with Crippen molar-refractivity contribution in [2.45, 2.75) is 25.4 Å². The van der Waals surface area contributed by atoms with E-state index in [9.17, 15) is 4.79 Å². The standard InChI is InChI=1S/C31H21Cl3N2O4/c1-38-31(37)21-8-5-19-12-14-36(27(19)15-21)13-11-18-9-10-22(16-26(18)34)39-17-23-29(35-40-30(23)20-6-7-20)28-24(32)3-2-4-25(28)33/h2-5,8-10,12,14-16,20H,6-7,17H2,1H3. The second-order valence-corrected chi connectivity index (χ2v) is 10.6. The van der Waals surface area contributed by atoms with Crippen LogP contribution in [0.25, 0.3) is 22.2 Å². The highest BCUT2D eigenvalue weighted by Gasteiger charge is 2.33. The van der Waals surface area contributed by atoms with E-state index in [1.165, 1.54) is 7.11 Å². The zero-order valence-electron chi connectivity index (χ0n) is 21.2. The molecule has 0 aliphatic heterocycles. The van der Waals surface area contributed by atoms with E-state index in [-0.39, 0.29) is 6.61 Å². The number of hydrogen-bond acceptors (Lipinski definition) is 5. The van der Waals surface area contributed by atoms with Gasteiger partial charge in [0.15, 0.2) is 0 Å². The summed E-state index contributed by atoms with van der Waals surface area (Å²) in [5, 5.41) is 6.69. The van der Waals surface area contributed by atoms with Crippen LogP contribution in [0.3, 0.4) is 0 Å². The first kappa shape index (κ1) is 26.3. The van der Waals surface area contributed by atoms with Crippen molar-refractivity contribution in [1.29, 1.82) is 0 Å². The molecule has 9 heteroatoms. The Hall–Kier alpha value is -3.89. The van der Waals surface area contributed by atoms with E-state index < -0.39 is 5.97 Å². The Balaban J connectivity index is 1.24. The lowest BCUT2D eigenvalue weighted by Gasteiger charge is -2.10. The number of carbonyl (C=O) groups excluding carboxylic acids is 1. The van der Waals surface area contributed by atoms with Gasteiger partial charge in [-0.2, -0.15) is 0 Å². The van der Waals surface area contributed by atoms with Gasteiger partial charge in [-0.25, -0.2) is 4.79 Å². The molecule has 2 aromatic heterocycles. The van der Waals surface area contributed by atoms with Gasteiger partial charge in [0.2, 0.25) is 0 Å². The molecule has 0 unspecified atom stereocenters. The molecular weight excluding hydrogens is 571 g/mol. The number of methoxy groups -OCH3 is 1. The minimum atomic E-state index is -0.404. The molecular formula is C31H21Cl3N2O4. The smallest absolute Gasteiger partial charge is 0.337 e. The number of fused-ring (bicyclic) bond motifs is 1. The summed E-state index contributed by atoms with van der Waals surface area (Å²) in [6.45, 7) is 0.214. The molecule has 40 heavy (non-hydrogen) atoms. The largest absolute Gasteiger partial charge is 0.489 e. The number of carbonyl (C=O) groups is 1. The number of ether oxygens (including phenoxy) is 2. The predicted molar refractivity (Wildman–Crippen MR) is 155 cm³/mol. The monoisotopic (exact) mass is 590 g/mol. The Labute approximate surface area is 245 Å². The van der Waals surface area contributed by atoms with E-state index in [4.69, 9.17) is 48.8 Å². The van der Waals surface area contributed by atoms with Crippen LogP contribution in [0, 0.1) is 12.0 Å². The summed E-state index contributed by atoms with van der Waals surface area (Å²) in [6.07, 6.45) is 3.92. The fraction of sp³-hybridized carbons (Fsp3) is 0.161. The molecule has 0 saturated heterocycles. The maximum Gasteiger partial charge on any atom is 0.337 e. The van der Waals surface area contributed by atoms with Gasteiger partial charge in [-0.05, 0) is 61.2 Å². The van der Waals surface area contributed by atoms with Crippen LogP contribution in [0.5, 0.6) is 5.75 Å². The predicted octanol–water partition coefficient (Wildman–Crippen LogP) is 8.36. The lowest BCUT2D eigenvalue weighted by Crippen LogP contribution is -2.01. The second kappa shape index (κ2) is 10.9. The molecule has 1 aliphatic carbocycles. The highest BCUT2D eigenvalue weighted by Crippen LogP contribution is 2.46. The minimum absolute atomic E-state index is 0.214. The summed E-state index contributed by atoms with van der Waals surface area (Å²) in [6, 6.07) is 21.0. The molecule has 0 bridgehead atoms. The van der Waals surface area contributed by atoms with E-state index >= 15 is 0 Å². The summed E-state index contributed by atoms with van der Waals surface area (Å²) in [5.74, 6) is 4.38. The SMILES string of the molecule is COC(=O)c1ccc2ccn(C#Cc3ccc(OCc4c(-c5c(Cl)cccc5Cl)noc4C4CC4)cc3Cl)c2c1. The molecule has 2 heterocycles. The van der Waals surface area contributed by atoms with E-state index in [0.29, 0.717) is 49.1 Å². The average molecular weight is 592 g/mol. The van der Waals surface area contributed by atoms with E-state index in [1.54, 1.807) is 47.0 Å². The first-order chi connectivity index (χ1) is 19.4. The molecule has 1 fully saturated rings. The molecule has 0 radical (unpaired) electrons. The fourth-order valence-electron chi connectivity index (χ4n) is 4.48. The maximum atomic E-state index is 11.9. The van der Waals surface area contributed by atoms with Crippen molar-refractivity contribution >= 4 is 51.7 Å². The van der Waals surface area contributed by atoms with Crippen LogP contribution >= 0.6 is 34.8 Å². The first-order valence-corrected chi connectivity index (χ1v) is 13.6. The first-order valence-electron chi connectivity index (χ1n) is 12.5. The zero-order chi connectivity index (χ0) is 27.8. The average Bonchev–Trinajstić information content (AvgIpc) is 3.59. The van der Waals surface area contributed by atoms with Crippen LogP contribution in [0.4, 0.5) is 0 Å². The minimum Gasteiger partial charge on any atom is -0.489 e. The van der Waals surface area contributed by atoms with E-state index in [2.05, 4.69) is 17.1 Å². The Bertz CT molecular complexity index is 1810. The van der Waals surface area contributed by atoms with Gasteiger partial charge in [0.25, 0.3) is 0 Å². The fourth-order valence-corrected chi connectivity index (χ4v) is 5.28. The highest BCUT2D eigenvalue weighted by atomic mass is 35.5. The third-order valence-corrected chi connectivity index (χ3v) is 7.66. The van der Waals surface area contributed by atoms with Gasteiger partial charge >= 0.3 is 5.97 Å². The lowest BCUT2D eigenvalue weighted by molar-refractivity contribution is 0.0601. The molecule has 3 aromatic carbocycles. The molecule has 6 nitrogen and oxygen atoms in total. The molecule has 5 aromatic rings. The molecule has 200 valence electrons. The second-order valence-electron chi connectivity index (χ2n) is 9.36. The lowest BCUT2D eigenvalue weighted by atomic mass is 10.0. The molecule has 1 aliphatic rings.